The van der Waals surface area contributed by atoms with Crippen LogP contribution in [-0.4, -0.2) is 43.5 Å². The zero-order valence-corrected chi connectivity index (χ0v) is 17.2. The smallest absolute Gasteiger partial charge is 0.322 e. The number of aromatic nitrogens is 3. The van der Waals surface area contributed by atoms with Crippen molar-refractivity contribution >= 4 is 11.7 Å². The number of fused-ring (bicyclic) bond motifs is 3. The van der Waals surface area contributed by atoms with Crippen LogP contribution in [0.4, 0.5) is 32.4 Å². The minimum Gasteiger partial charge on any atom is -0.396 e. The molecule has 4 heterocycles. The summed E-state index contributed by atoms with van der Waals surface area (Å²) in [4.78, 5) is 17.4. The van der Waals surface area contributed by atoms with Gasteiger partial charge >= 0.3 is 6.03 Å². The van der Waals surface area contributed by atoms with Crippen LogP contribution in [0.15, 0.2) is 12.3 Å². The number of alkyl halides is 4. The molecule has 4 rings (SSSR count). The first kappa shape index (κ1) is 22.4. The number of aliphatic hydroxyl groups is 1. The largest absolute Gasteiger partial charge is 0.396 e. The van der Waals surface area contributed by atoms with Crippen LogP contribution in [0.3, 0.4) is 0 Å². The van der Waals surface area contributed by atoms with Gasteiger partial charge in [0.25, 0.3) is 12.3 Å². The highest BCUT2D eigenvalue weighted by Gasteiger charge is 2.44. The molecule has 0 saturated heterocycles. The van der Waals surface area contributed by atoms with E-state index >= 15 is 0 Å². The summed E-state index contributed by atoms with van der Waals surface area (Å²) in [5, 5.41) is 16.0. The van der Waals surface area contributed by atoms with Gasteiger partial charge in [0.05, 0.1) is 17.9 Å². The summed E-state index contributed by atoms with van der Waals surface area (Å²) in [6.07, 6.45) is -2.32. The van der Waals surface area contributed by atoms with Crippen LogP contribution in [0.25, 0.3) is 0 Å². The summed E-state index contributed by atoms with van der Waals surface area (Å²) in [5.74, 6) is -4.88. The van der Waals surface area contributed by atoms with E-state index < -0.39 is 48.0 Å². The lowest BCUT2D eigenvalue weighted by Gasteiger charge is -2.33. The number of carbonyl (C=O) groups is 1. The minimum absolute atomic E-state index is 0.135. The Labute approximate surface area is 180 Å². The predicted molar refractivity (Wildman–Crippen MR) is 103 cm³/mol. The molecule has 2 N–H and O–H groups in total. The molecule has 0 bridgehead atoms. The number of carbonyl (C=O) groups excluding carboxylic acids is 1. The average Bonchev–Trinajstić information content (AvgIpc) is 3.02. The number of urea groups is 1. The molecule has 0 fully saturated rings. The van der Waals surface area contributed by atoms with Gasteiger partial charge in [-0.05, 0) is 19.4 Å². The third-order valence-corrected chi connectivity index (χ3v) is 6.01. The van der Waals surface area contributed by atoms with Crippen LogP contribution < -0.4 is 5.32 Å². The van der Waals surface area contributed by atoms with Crippen molar-refractivity contribution in [2.24, 2.45) is 5.92 Å². The molecule has 2 aliphatic rings. The molecule has 2 aliphatic heterocycles. The molecule has 2 aromatic heterocycles. The van der Waals surface area contributed by atoms with Crippen LogP contribution in [0.1, 0.15) is 48.8 Å². The number of aliphatic hydroxyl groups excluding tert-OH is 1. The predicted octanol–water partition coefficient (Wildman–Crippen LogP) is 3.83. The molecular formula is C20H22F5N5O2. The molecule has 2 aromatic rings. The highest BCUT2D eigenvalue weighted by molar-refractivity contribution is 5.90. The summed E-state index contributed by atoms with van der Waals surface area (Å²) in [6.45, 7) is 1.41. The van der Waals surface area contributed by atoms with Crippen LogP contribution >= 0.6 is 0 Å². The molecule has 2 atom stereocenters. The Balaban J connectivity index is 1.62. The molecule has 2 unspecified atom stereocenters. The number of rotatable bonds is 3. The lowest BCUT2D eigenvalue weighted by molar-refractivity contribution is -0.0227. The first-order chi connectivity index (χ1) is 15.1. The number of anilines is 1. The number of hydrogen-bond acceptors (Lipinski definition) is 4. The lowest BCUT2D eigenvalue weighted by Crippen LogP contribution is -2.45. The molecular weight excluding hydrogens is 437 g/mol. The van der Waals surface area contributed by atoms with Gasteiger partial charge in [-0.25, -0.2) is 18.0 Å². The second-order valence-corrected chi connectivity index (χ2v) is 8.22. The topological polar surface area (TPSA) is 83.3 Å². The first-order valence-electron chi connectivity index (χ1n) is 10.2. The quantitative estimate of drug-likeness (QED) is 0.684. The zero-order valence-electron chi connectivity index (χ0n) is 17.2. The summed E-state index contributed by atoms with van der Waals surface area (Å²) in [5.41, 5.74) is -1.15. The molecule has 12 heteroatoms. The van der Waals surface area contributed by atoms with Crippen LogP contribution in [-0.2, 0) is 25.4 Å². The van der Waals surface area contributed by atoms with Crippen molar-refractivity contribution in [1.29, 1.82) is 0 Å². The molecule has 7 nitrogen and oxygen atoms in total. The van der Waals surface area contributed by atoms with Crippen LogP contribution in [0, 0.1) is 11.7 Å². The highest BCUT2D eigenvalue weighted by atomic mass is 19.3. The SMILES string of the molecule is CC1Cc2nn3c(c2CN1C(=O)Nc1ccnc(C(F)F)c1F)C(F)(F)CCC(CO)C3. The minimum atomic E-state index is -3.18. The first-order valence-corrected chi connectivity index (χ1v) is 10.2. The van der Waals surface area contributed by atoms with Gasteiger partial charge in [-0.2, -0.15) is 13.9 Å². The molecule has 0 spiro atoms. The number of nitrogens with one attached hydrogen (secondary N) is 1. The summed E-state index contributed by atoms with van der Waals surface area (Å²) in [7, 11) is 0. The Morgan fingerprint density at radius 2 is 2.16 bits per heavy atom. The van der Waals surface area contributed by atoms with Gasteiger partial charge in [-0.1, -0.05) is 0 Å². The molecule has 0 saturated carbocycles. The van der Waals surface area contributed by atoms with Gasteiger partial charge in [0, 0.05) is 49.7 Å². The molecule has 0 aromatic carbocycles. The number of amides is 2. The van der Waals surface area contributed by atoms with E-state index in [0.29, 0.717) is 5.69 Å². The fourth-order valence-electron chi connectivity index (χ4n) is 4.29. The van der Waals surface area contributed by atoms with Gasteiger partial charge in [0.1, 0.15) is 11.4 Å². The van der Waals surface area contributed by atoms with Crippen LogP contribution in [0.2, 0.25) is 0 Å². The average molecular weight is 459 g/mol. The normalized spacial score (nSPS) is 22.3. The summed E-state index contributed by atoms with van der Waals surface area (Å²) < 4.78 is 71.2. The zero-order chi connectivity index (χ0) is 23.2. The Morgan fingerprint density at radius 1 is 1.41 bits per heavy atom. The second kappa shape index (κ2) is 8.30. The Morgan fingerprint density at radius 3 is 2.84 bits per heavy atom. The fraction of sp³-hybridized carbons (Fsp3) is 0.550. The van der Waals surface area contributed by atoms with E-state index in [1.165, 1.54) is 9.58 Å². The highest BCUT2D eigenvalue weighted by Crippen LogP contribution is 2.42. The van der Waals surface area contributed by atoms with Crippen molar-refractivity contribution in [2.75, 3.05) is 11.9 Å². The second-order valence-electron chi connectivity index (χ2n) is 8.22. The number of halogens is 5. The third kappa shape index (κ3) is 3.91. The van der Waals surface area contributed by atoms with Gasteiger partial charge in [-0.15, -0.1) is 0 Å². The van der Waals surface area contributed by atoms with E-state index in [2.05, 4.69) is 15.4 Å². The van der Waals surface area contributed by atoms with Crippen molar-refractivity contribution in [3.63, 3.8) is 0 Å². The number of nitrogens with zero attached hydrogens (tertiary/aromatic N) is 4. The molecule has 174 valence electrons. The maximum atomic E-state index is 14.9. The van der Waals surface area contributed by atoms with E-state index in [1.807, 2.05) is 0 Å². The van der Waals surface area contributed by atoms with E-state index in [4.69, 9.17) is 0 Å². The van der Waals surface area contributed by atoms with E-state index in [9.17, 15) is 31.9 Å². The van der Waals surface area contributed by atoms with Gasteiger partial charge in [-0.3, -0.25) is 9.67 Å². The molecule has 0 aliphatic carbocycles. The Bertz CT molecular complexity index is 1030. The number of hydrogen-bond donors (Lipinski definition) is 2. The molecule has 0 radical (unpaired) electrons. The Hall–Kier alpha value is -2.76. The van der Waals surface area contributed by atoms with Crippen molar-refractivity contribution in [1.82, 2.24) is 19.7 Å². The third-order valence-electron chi connectivity index (χ3n) is 6.01. The molecule has 32 heavy (non-hydrogen) atoms. The summed E-state index contributed by atoms with van der Waals surface area (Å²) in [6, 6.07) is -0.212. The van der Waals surface area contributed by atoms with Crippen molar-refractivity contribution in [3.8, 4) is 0 Å². The van der Waals surface area contributed by atoms with Gasteiger partial charge < -0.3 is 15.3 Å². The van der Waals surface area contributed by atoms with Crippen molar-refractivity contribution < 1.29 is 31.9 Å². The van der Waals surface area contributed by atoms with Crippen LogP contribution in [0.5, 0.6) is 0 Å². The van der Waals surface area contributed by atoms with E-state index in [0.717, 1.165) is 12.3 Å². The van der Waals surface area contributed by atoms with E-state index in [1.54, 1.807) is 6.92 Å². The van der Waals surface area contributed by atoms with Crippen molar-refractivity contribution in [3.05, 3.63) is 40.7 Å². The maximum absolute atomic E-state index is 14.9. The monoisotopic (exact) mass is 459 g/mol. The number of pyridine rings is 1. The van der Waals surface area contributed by atoms with Crippen molar-refractivity contribution in [2.45, 2.75) is 57.7 Å². The van der Waals surface area contributed by atoms with E-state index in [-0.39, 0.29) is 49.7 Å². The Kier molecular flexibility index (Phi) is 5.82. The summed E-state index contributed by atoms with van der Waals surface area (Å²) >= 11 is 0. The fourth-order valence-corrected chi connectivity index (χ4v) is 4.29. The molecule has 2 amide bonds. The van der Waals surface area contributed by atoms with Gasteiger partial charge in [0.15, 0.2) is 5.82 Å². The van der Waals surface area contributed by atoms with Gasteiger partial charge in [0.2, 0.25) is 0 Å². The lowest BCUT2D eigenvalue weighted by atomic mass is 9.96. The standard InChI is InChI=1S/C20H22F5N5O2/c1-10-6-14-12(17-20(24,25)4-2-11(9-31)7-30(17)28-14)8-29(10)19(32)27-13-3-5-26-16(15(13)21)18(22)23/h3,5,10-11,18,31H,2,4,6-9H2,1H3,(H,26,27,32). The maximum Gasteiger partial charge on any atom is 0.322 e.